The maximum absolute atomic E-state index is 13.9. The van der Waals surface area contributed by atoms with Crippen molar-refractivity contribution < 1.29 is 28.9 Å². The van der Waals surface area contributed by atoms with Crippen LogP contribution in [-0.2, 0) is 0 Å². The van der Waals surface area contributed by atoms with Gasteiger partial charge >= 0.3 is 0 Å². The predicted molar refractivity (Wildman–Crippen MR) is 187 cm³/mol. The number of rotatable bonds is 21. The zero-order valence-electron chi connectivity index (χ0n) is 29.0. The van der Waals surface area contributed by atoms with Gasteiger partial charge in [0, 0.05) is 11.1 Å². The smallest absolute Gasteiger partial charge is 0.171 e. The molecule has 6 heteroatoms. The number of ketones is 2. The van der Waals surface area contributed by atoms with Gasteiger partial charge in [0.05, 0.1) is 64.3 Å². The predicted octanol–water partition coefficient (Wildman–Crippen LogP) is 6.04. The molecule has 2 aliphatic heterocycles. The molecule has 0 spiro atoms. The number of benzene rings is 2. The second kappa shape index (κ2) is 20.5. The molecule has 2 fully saturated rings. The topological polar surface area (TPSA) is 61.5 Å². The number of likely N-dealkylation sites (tertiary alicyclic amines) is 2. The Kier molecular flexibility index (Phi) is 16.1. The van der Waals surface area contributed by atoms with Gasteiger partial charge < -0.3 is 19.3 Å². The first-order valence-electron chi connectivity index (χ1n) is 18.8. The molecule has 0 amide bonds. The van der Waals surface area contributed by atoms with Gasteiger partial charge in [0.2, 0.25) is 0 Å². The fraction of sp³-hybridized carbons (Fsp3) is 0.650. The van der Waals surface area contributed by atoms with Gasteiger partial charge in [-0.05, 0) is 113 Å². The average Bonchev–Trinajstić information content (AvgIpc) is 3.10. The molecular weight excluding hydrogens is 572 g/mol. The Morgan fingerprint density at radius 3 is 1.28 bits per heavy atom. The minimum atomic E-state index is 0.0158. The molecule has 2 N–H and O–H groups in total. The Bertz CT molecular complexity index is 1050. The molecule has 0 saturated carbocycles. The van der Waals surface area contributed by atoms with E-state index in [1.54, 1.807) is 9.80 Å². The zero-order chi connectivity index (χ0) is 32.4. The molecule has 0 aromatic heterocycles. The molecule has 2 aliphatic rings. The van der Waals surface area contributed by atoms with Crippen LogP contribution in [0.1, 0.15) is 124 Å². The minimum absolute atomic E-state index is 0.0158. The Morgan fingerprint density at radius 1 is 0.565 bits per heavy atom. The number of carbonyl (C=O) groups is 2. The van der Waals surface area contributed by atoms with Gasteiger partial charge in [-0.25, -0.2) is 0 Å². The summed E-state index contributed by atoms with van der Waals surface area (Å²) in [5, 5.41) is 0. The lowest BCUT2D eigenvalue weighted by Gasteiger charge is -2.28. The molecule has 2 atom stereocenters. The molecule has 0 bridgehead atoms. The first-order valence-corrected chi connectivity index (χ1v) is 18.8. The van der Waals surface area contributed by atoms with E-state index in [0.29, 0.717) is 13.2 Å². The van der Waals surface area contributed by atoms with Crippen molar-refractivity contribution in [2.75, 3.05) is 52.5 Å². The van der Waals surface area contributed by atoms with E-state index in [9.17, 15) is 9.59 Å². The van der Waals surface area contributed by atoms with Gasteiger partial charge in [0.15, 0.2) is 11.6 Å². The fourth-order valence-electron chi connectivity index (χ4n) is 7.21. The SMILES string of the molecule is CCCCOc1ccc(C(=O)C(CCCCC(C[NH+]2CCCCC2)C(=O)c2ccc(OCCCC)cc2)C[NH+]2CCCCC2)cc1. The van der Waals surface area contributed by atoms with Crippen molar-refractivity contribution in [1.82, 2.24) is 0 Å². The fourth-order valence-corrected chi connectivity index (χ4v) is 7.21. The van der Waals surface area contributed by atoms with Crippen LogP contribution >= 0.6 is 0 Å². The largest absolute Gasteiger partial charge is 0.494 e. The lowest BCUT2D eigenvalue weighted by atomic mass is 9.88. The number of ether oxygens (including phenoxy) is 2. The van der Waals surface area contributed by atoms with Gasteiger partial charge in [0.1, 0.15) is 11.5 Å². The number of quaternary nitrogens is 2. The van der Waals surface area contributed by atoms with E-state index >= 15 is 0 Å². The summed E-state index contributed by atoms with van der Waals surface area (Å²) in [6, 6.07) is 15.6. The molecule has 2 heterocycles. The Labute approximate surface area is 279 Å². The number of Topliss-reactive ketones (excluding diaryl/α,β-unsaturated/α-hetero) is 2. The number of hydrogen-bond donors (Lipinski definition) is 2. The molecule has 2 aromatic carbocycles. The molecule has 6 nitrogen and oxygen atoms in total. The van der Waals surface area contributed by atoms with Crippen molar-refractivity contribution >= 4 is 11.6 Å². The van der Waals surface area contributed by atoms with Crippen LogP contribution in [-0.4, -0.2) is 64.0 Å². The van der Waals surface area contributed by atoms with Gasteiger partial charge in [0.25, 0.3) is 0 Å². The average molecular weight is 635 g/mol. The molecule has 254 valence electrons. The van der Waals surface area contributed by atoms with Gasteiger partial charge in [-0.15, -0.1) is 0 Å². The van der Waals surface area contributed by atoms with E-state index < -0.39 is 0 Å². The molecule has 0 aliphatic carbocycles. The Morgan fingerprint density at radius 2 is 0.935 bits per heavy atom. The third-order valence-electron chi connectivity index (χ3n) is 10.1. The summed E-state index contributed by atoms with van der Waals surface area (Å²) in [4.78, 5) is 30.9. The van der Waals surface area contributed by atoms with Crippen LogP contribution in [0.15, 0.2) is 48.5 Å². The van der Waals surface area contributed by atoms with Crippen molar-refractivity contribution in [3.05, 3.63) is 59.7 Å². The highest BCUT2D eigenvalue weighted by molar-refractivity contribution is 5.98. The number of carbonyl (C=O) groups excluding carboxylic acids is 2. The van der Waals surface area contributed by atoms with Gasteiger partial charge in [-0.3, -0.25) is 9.59 Å². The van der Waals surface area contributed by atoms with Crippen LogP contribution in [0.4, 0.5) is 0 Å². The number of piperidine rings is 2. The third kappa shape index (κ3) is 12.2. The lowest BCUT2D eigenvalue weighted by molar-refractivity contribution is -0.907. The van der Waals surface area contributed by atoms with Crippen molar-refractivity contribution in [2.24, 2.45) is 11.8 Å². The van der Waals surface area contributed by atoms with E-state index in [-0.39, 0.29) is 23.4 Å². The monoisotopic (exact) mass is 634 g/mol. The zero-order valence-corrected chi connectivity index (χ0v) is 29.0. The summed E-state index contributed by atoms with van der Waals surface area (Å²) in [6.07, 6.45) is 15.7. The maximum Gasteiger partial charge on any atom is 0.171 e. The Balaban J connectivity index is 1.37. The van der Waals surface area contributed by atoms with E-state index in [4.69, 9.17) is 9.47 Å². The van der Waals surface area contributed by atoms with Crippen LogP contribution in [0.5, 0.6) is 11.5 Å². The lowest BCUT2D eigenvalue weighted by Crippen LogP contribution is -3.13. The summed E-state index contributed by atoms with van der Waals surface area (Å²) in [6.45, 7) is 12.3. The summed E-state index contributed by atoms with van der Waals surface area (Å²) < 4.78 is 11.7. The molecule has 2 aromatic rings. The van der Waals surface area contributed by atoms with E-state index in [0.717, 1.165) is 87.1 Å². The molecule has 2 unspecified atom stereocenters. The van der Waals surface area contributed by atoms with Crippen LogP contribution in [0.2, 0.25) is 0 Å². The molecule has 4 rings (SSSR count). The first-order chi connectivity index (χ1) is 22.6. The molecule has 2 saturated heterocycles. The number of nitrogens with one attached hydrogen (secondary N) is 2. The second-order valence-electron chi connectivity index (χ2n) is 13.9. The third-order valence-corrected chi connectivity index (χ3v) is 10.1. The van der Waals surface area contributed by atoms with E-state index in [1.807, 2.05) is 48.5 Å². The van der Waals surface area contributed by atoms with Gasteiger partial charge in [-0.1, -0.05) is 39.5 Å². The highest BCUT2D eigenvalue weighted by Gasteiger charge is 2.29. The maximum atomic E-state index is 13.9. The standard InChI is InChI=1S/C40H60N2O4/c1-3-5-29-45-37-21-17-33(18-22-37)39(43)35(31-41-25-11-7-12-26-41)15-9-10-16-36(32-42-27-13-8-14-28-42)40(44)34-19-23-38(24-20-34)46-30-6-4-2/h17-24,35-36H,3-16,25-32H2,1-2H3/p+2. The highest BCUT2D eigenvalue weighted by Crippen LogP contribution is 2.22. The van der Waals surface area contributed by atoms with E-state index in [1.165, 1.54) is 64.7 Å². The number of hydrogen-bond acceptors (Lipinski definition) is 4. The van der Waals surface area contributed by atoms with Crippen LogP contribution < -0.4 is 19.3 Å². The second-order valence-corrected chi connectivity index (χ2v) is 13.9. The van der Waals surface area contributed by atoms with Gasteiger partial charge in [-0.2, -0.15) is 0 Å². The number of unbranched alkanes of at least 4 members (excludes halogenated alkanes) is 3. The summed E-state index contributed by atoms with van der Waals surface area (Å²) in [5.74, 6) is 2.25. The van der Waals surface area contributed by atoms with Crippen molar-refractivity contribution in [2.45, 2.75) is 104 Å². The van der Waals surface area contributed by atoms with Crippen molar-refractivity contribution in [3.63, 3.8) is 0 Å². The quantitative estimate of drug-likeness (QED) is 0.130. The van der Waals surface area contributed by atoms with Crippen molar-refractivity contribution in [1.29, 1.82) is 0 Å². The molecule has 46 heavy (non-hydrogen) atoms. The normalized spacial score (nSPS) is 17.3. The summed E-state index contributed by atoms with van der Waals surface area (Å²) in [7, 11) is 0. The van der Waals surface area contributed by atoms with Crippen LogP contribution in [0, 0.1) is 11.8 Å². The van der Waals surface area contributed by atoms with E-state index in [2.05, 4.69) is 13.8 Å². The summed E-state index contributed by atoms with van der Waals surface area (Å²) >= 11 is 0. The first kappa shape index (κ1) is 36.1. The minimum Gasteiger partial charge on any atom is -0.494 e. The highest BCUT2D eigenvalue weighted by atomic mass is 16.5. The van der Waals surface area contributed by atoms with Crippen molar-refractivity contribution in [3.8, 4) is 11.5 Å². The molecule has 0 radical (unpaired) electrons. The van der Waals surface area contributed by atoms with Crippen LogP contribution in [0.25, 0.3) is 0 Å². The molecular formula is C40H62N2O4+2. The Hall–Kier alpha value is -2.70. The van der Waals surface area contributed by atoms with Crippen LogP contribution in [0.3, 0.4) is 0 Å². The summed E-state index contributed by atoms with van der Waals surface area (Å²) in [5.41, 5.74) is 1.60.